The Morgan fingerprint density at radius 2 is 1.61 bits per heavy atom. The van der Waals surface area contributed by atoms with Gasteiger partial charge in [-0.2, -0.15) is 0 Å². The van der Waals surface area contributed by atoms with Crippen LogP contribution in [0.3, 0.4) is 0 Å². The zero-order valence-corrected chi connectivity index (χ0v) is 19.3. The summed E-state index contributed by atoms with van der Waals surface area (Å²) in [5, 5.41) is 7.89. The van der Waals surface area contributed by atoms with E-state index in [1.807, 2.05) is 24.3 Å². The molecule has 0 aliphatic rings. The Bertz CT molecular complexity index is 933. The van der Waals surface area contributed by atoms with Crippen molar-refractivity contribution >= 4 is 45.6 Å². The molecule has 0 bridgehead atoms. The van der Waals surface area contributed by atoms with Crippen LogP contribution < -0.4 is 16.0 Å². The van der Waals surface area contributed by atoms with Crippen molar-refractivity contribution < 1.29 is 19.1 Å². The molecule has 0 spiro atoms. The first kappa shape index (κ1) is 24.1. The van der Waals surface area contributed by atoms with Gasteiger partial charge in [-0.1, -0.05) is 40.2 Å². The number of anilines is 1. The Hall–Kier alpha value is -3.13. The lowest BCUT2D eigenvalue weighted by atomic mass is 10.2. The summed E-state index contributed by atoms with van der Waals surface area (Å²) in [7, 11) is 0. The summed E-state index contributed by atoms with van der Waals surface area (Å²) in [6, 6.07) is 14.7. The second kappa shape index (κ2) is 11.3. The number of carbonyl (C=O) groups is 3. The fourth-order valence-electron chi connectivity index (χ4n) is 2.37. The summed E-state index contributed by atoms with van der Waals surface area (Å²) in [5.74, 6) is -0.571. The van der Waals surface area contributed by atoms with Crippen molar-refractivity contribution in [1.82, 2.24) is 10.6 Å². The highest BCUT2D eigenvalue weighted by molar-refractivity contribution is 9.10. The maximum Gasteiger partial charge on any atom is 0.408 e. The Morgan fingerprint density at radius 1 is 0.968 bits per heavy atom. The van der Waals surface area contributed by atoms with E-state index < -0.39 is 11.7 Å². The molecule has 0 saturated heterocycles. The van der Waals surface area contributed by atoms with Gasteiger partial charge in [-0.05, 0) is 62.2 Å². The molecular formula is C23H26BrN3O4. The molecule has 0 atom stereocenters. The summed E-state index contributed by atoms with van der Waals surface area (Å²) in [6.45, 7) is 5.37. The van der Waals surface area contributed by atoms with Gasteiger partial charge in [0.05, 0.1) is 0 Å². The normalized spacial score (nSPS) is 11.1. The molecule has 0 heterocycles. The maximum atomic E-state index is 12.1. The van der Waals surface area contributed by atoms with Gasteiger partial charge in [-0.3, -0.25) is 9.59 Å². The highest BCUT2D eigenvalue weighted by atomic mass is 79.9. The summed E-state index contributed by atoms with van der Waals surface area (Å²) < 4.78 is 6.05. The predicted molar refractivity (Wildman–Crippen MR) is 124 cm³/mol. The van der Waals surface area contributed by atoms with Crippen LogP contribution in [0.4, 0.5) is 10.5 Å². The fraction of sp³-hybridized carbons (Fsp3) is 0.261. The molecule has 0 unspecified atom stereocenters. The summed E-state index contributed by atoms with van der Waals surface area (Å²) in [4.78, 5) is 35.5. The quantitative estimate of drug-likeness (QED) is 0.508. The largest absolute Gasteiger partial charge is 0.444 e. The number of benzene rings is 2. The predicted octanol–water partition coefficient (Wildman–Crippen LogP) is 4.24. The van der Waals surface area contributed by atoms with Gasteiger partial charge in [0.1, 0.15) is 12.1 Å². The lowest BCUT2D eigenvalue weighted by Gasteiger charge is -2.19. The van der Waals surface area contributed by atoms with E-state index in [0.29, 0.717) is 12.2 Å². The van der Waals surface area contributed by atoms with Crippen LogP contribution in [0.15, 0.2) is 59.1 Å². The third-order valence-electron chi connectivity index (χ3n) is 3.80. The molecule has 0 aliphatic carbocycles. The molecule has 8 heteroatoms. The smallest absolute Gasteiger partial charge is 0.408 e. The zero-order chi connectivity index (χ0) is 22.9. The Balaban J connectivity index is 1.74. The molecule has 3 N–H and O–H groups in total. The number of hydrogen-bond acceptors (Lipinski definition) is 4. The van der Waals surface area contributed by atoms with Crippen LogP contribution in [-0.4, -0.2) is 30.1 Å². The minimum Gasteiger partial charge on any atom is -0.444 e. The first-order chi connectivity index (χ1) is 14.6. The first-order valence-corrected chi connectivity index (χ1v) is 10.5. The van der Waals surface area contributed by atoms with Gasteiger partial charge in [0.15, 0.2) is 0 Å². The third kappa shape index (κ3) is 9.95. The lowest BCUT2D eigenvalue weighted by molar-refractivity contribution is -0.120. The van der Waals surface area contributed by atoms with E-state index in [1.54, 1.807) is 51.1 Å². The van der Waals surface area contributed by atoms with Gasteiger partial charge in [0, 0.05) is 22.8 Å². The van der Waals surface area contributed by atoms with E-state index in [1.165, 1.54) is 6.08 Å². The van der Waals surface area contributed by atoms with E-state index in [0.717, 1.165) is 15.6 Å². The molecule has 164 valence electrons. The lowest BCUT2D eigenvalue weighted by Crippen LogP contribution is -2.39. The average Bonchev–Trinajstić information content (AvgIpc) is 2.70. The number of hydrogen-bond donors (Lipinski definition) is 3. The summed E-state index contributed by atoms with van der Waals surface area (Å²) >= 11 is 3.37. The highest BCUT2D eigenvalue weighted by Gasteiger charge is 2.16. The van der Waals surface area contributed by atoms with Crippen molar-refractivity contribution in [2.24, 2.45) is 0 Å². The number of rotatable bonds is 7. The fourth-order valence-corrected chi connectivity index (χ4v) is 2.63. The molecular weight excluding hydrogens is 462 g/mol. The zero-order valence-electron chi connectivity index (χ0n) is 17.7. The molecule has 2 aromatic rings. The molecule has 0 fully saturated rings. The highest BCUT2D eigenvalue weighted by Crippen LogP contribution is 2.13. The number of ether oxygens (including phenoxy) is 1. The molecule has 31 heavy (non-hydrogen) atoms. The number of amides is 3. The maximum absolute atomic E-state index is 12.1. The molecule has 0 saturated carbocycles. The van der Waals surface area contributed by atoms with Crippen molar-refractivity contribution in [2.75, 3.05) is 11.9 Å². The Labute approximate surface area is 190 Å². The Kier molecular flexibility index (Phi) is 8.81. The summed E-state index contributed by atoms with van der Waals surface area (Å²) in [5.41, 5.74) is 1.80. The van der Waals surface area contributed by atoms with E-state index in [-0.39, 0.29) is 18.4 Å². The molecule has 0 radical (unpaired) electrons. The SMILES string of the molecule is CC(C)(C)OC(=O)NCC(=O)NCc1ccc(NC(=O)/C=C/c2ccc(Br)cc2)cc1. The van der Waals surface area contributed by atoms with Gasteiger partial charge < -0.3 is 20.7 Å². The van der Waals surface area contributed by atoms with E-state index >= 15 is 0 Å². The second-order valence-electron chi connectivity index (χ2n) is 7.70. The minimum absolute atomic E-state index is 0.173. The molecule has 2 rings (SSSR count). The number of carbonyl (C=O) groups excluding carboxylic acids is 3. The van der Waals surface area contributed by atoms with Crippen LogP contribution >= 0.6 is 15.9 Å². The second-order valence-corrected chi connectivity index (χ2v) is 8.62. The van der Waals surface area contributed by atoms with Crippen LogP contribution in [0.2, 0.25) is 0 Å². The van der Waals surface area contributed by atoms with Crippen LogP contribution in [0, 0.1) is 0 Å². The molecule has 0 aliphatic heterocycles. The summed E-state index contributed by atoms with van der Waals surface area (Å²) in [6.07, 6.45) is 2.56. The van der Waals surface area contributed by atoms with Crippen molar-refractivity contribution in [3.05, 3.63) is 70.2 Å². The van der Waals surface area contributed by atoms with E-state index in [9.17, 15) is 14.4 Å². The molecule has 7 nitrogen and oxygen atoms in total. The Morgan fingerprint density at radius 3 is 2.23 bits per heavy atom. The number of nitrogens with one attached hydrogen (secondary N) is 3. The van der Waals surface area contributed by atoms with Gasteiger partial charge in [0.25, 0.3) is 0 Å². The van der Waals surface area contributed by atoms with Gasteiger partial charge >= 0.3 is 6.09 Å². The van der Waals surface area contributed by atoms with E-state index in [4.69, 9.17) is 4.74 Å². The third-order valence-corrected chi connectivity index (χ3v) is 4.33. The van der Waals surface area contributed by atoms with Gasteiger partial charge in [0.2, 0.25) is 11.8 Å². The monoisotopic (exact) mass is 487 g/mol. The van der Waals surface area contributed by atoms with Crippen LogP contribution in [0.1, 0.15) is 31.9 Å². The number of alkyl carbamates (subject to hydrolysis) is 1. The number of halogens is 1. The van der Waals surface area contributed by atoms with Crippen molar-refractivity contribution in [1.29, 1.82) is 0 Å². The molecule has 2 aromatic carbocycles. The van der Waals surface area contributed by atoms with Crippen molar-refractivity contribution in [2.45, 2.75) is 32.9 Å². The van der Waals surface area contributed by atoms with Crippen molar-refractivity contribution in [3.63, 3.8) is 0 Å². The van der Waals surface area contributed by atoms with Crippen LogP contribution in [0.25, 0.3) is 6.08 Å². The van der Waals surface area contributed by atoms with Crippen molar-refractivity contribution in [3.8, 4) is 0 Å². The van der Waals surface area contributed by atoms with Gasteiger partial charge in [-0.25, -0.2) is 4.79 Å². The standard InChI is InChI=1S/C23H26BrN3O4/c1-23(2,3)31-22(30)26-15-21(29)25-14-17-6-11-19(12-7-17)27-20(28)13-8-16-4-9-18(24)10-5-16/h4-13H,14-15H2,1-3H3,(H,25,29)(H,26,30)(H,27,28)/b13-8+. The molecule has 0 aromatic heterocycles. The van der Waals surface area contributed by atoms with Crippen LogP contribution in [-0.2, 0) is 20.9 Å². The topological polar surface area (TPSA) is 96.5 Å². The van der Waals surface area contributed by atoms with E-state index in [2.05, 4.69) is 31.9 Å². The minimum atomic E-state index is -0.642. The first-order valence-electron chi connectivity index (χ1n) is 9.68. The van der Waals surface area contributed by atoms with Gasteiger partial charge in [-0.15, -0.1) is 0 Å². The molecule has 3 amide bonds. The average molecular weight is 488 g/mol. The van der Waals surface area contributed by atoms with Crippen LogP contribution in [0.5, 0.6) is 0 Å².